The van der Waals surface area contributed by atoms with Crippen LogP contribution in [-0.2, 0) is 26.4 Å². The molecule has 3 rings (SSSR count). The Morgan fingerprint density at radius 3 is 2.38 bits per heavy atom. The molecule has 7 nitrogen and oxygen atoms in total. The second-order valence-corrected chi connectivity index (χ2v) is 11.2. The maximum atomic E-state index is 12.9. The van der Waals surface area contributed by atoms with E-state index in [1.165, 1.54) is 18.2 Å². The standard InChI is InChI=1S/C20H26N2O5S2/c1-28(24,25)18-8-5-9-19(12-18)29(26,27)21-20-14-22(11-10-17(20)15-23)13-16-6-3-2-4-7-16/h2-9,12,17,20-21,23H,10-11,13-15H2,1H3. The molecule has 1 aliphatic rings. The molecule has 1 saturated heterocycles. The number of likely N-dealkylation sites (tertiary alicyclic amines) is 1. The molecule has 0 bridgehead atoms. The highest BCUT2D eigenvalue weighted by Gasteiger charge is 2.32. The largest absolute Gasteiger partial charge is 0.396 e. The number of aliphatic hydroxyl groups is 1. The van der Waals surface area contributed by atoms with E-state index < -0.39 is 25.9 Å². The maximum absolute atomic E-state index is 12.9. The van der Waals surface area contributed by atoms with Gasteiger partial charge in [-0.2, -0.15) is 0 Å². The molecule has 0 amide bonds. The number of benzene rings is 2. The molecule has 0 saturated carbocycles. The number of rotatable bonds is 7. The number of hydrogen-bond acceptors (Lipinski definition) is 6. The fourth-order valence-corrected chi connectivity index (χ4v) is 5.63. The summed E-state index contributed by atoms with van der Waals surface area (Å²) >= 11 is 0. The highest BCUT2D eigenvalue weighted by molar-refractivity contribution is 7.91. The average Bonchev–Trinajstić information content (AvgIpc) is 2.68. The van der Waals surface area contributed by atoms with Crippen molar-refractivity contribution in [3.05, 3.63) is 60.2 Å². The van der Waals surface area contributed by atoms with Crippen molar-refractivity contribution >= 4 is 19.9 Å². The number of sulfone groups is 1. The molecule has 2 N–H and O–H groups in total. The molecular formula is C20H26N2O5S2. The lowest BCUT2D eigenvalue weighted by molar-refractivity contribution is 0.101. The highest BCUT2D eigenvalue weighted by Crippen LogP contribution is 2.22. The molecule has 158 valence electrons. The van der Waals surface area contributed by atoms with Crippen molar-refractivity contribution in [2.24, 2.45) is 5.92 Å². The Kier molecular flexibility index (Phi) is 6.75. The maximum Gasteiger partial charge on any atom is 0.240 e. The zero-order valence-corrected chi connectivity index (χ0v) is 17.9. The lowest BCUT2D eigenvalue weighted by Gasteiger charge is -2.38. The number of hydrogen-bond donors (Lipinski definition) is 2. The van der Waals surface area contributed by atoms with E-state index in [0.717, 1.165) is 24.4 Å². The molecule has 0 spiro atoms. The summed E-state index contributed by atoms with van der Waals surface area (Å²) in [6.07, 6.45) is 1.70. The minimum Gasteiger partial charge on any atom is -0.396 e. The predicted molar refractivity (Wildman–Crippen MR) is 111 cm³/mol. The molecule has 0 radical (unpaired) electrons. The van der Waals surface area contributed by atoms with Crippen LogP contribution < -0.4 is 4.72 Å². The average molecular weight is 439 g/mol. The first-order chi connectivity index (χ1) is 13.7. The third-order valence-electron chi connectivity index (χ3n) is 5.17. The quantitative estimate of drug-likeness (QED) is 0.674. The summed E-state index contributed by atoms with van der Waals surface area (Å²) in [6.45, 7) is 1.81. The minimum atomic E-state index is -3.93. The summed E-state index contributed by atoms with van der Waals surface area (Å²) in [5.41, 5.74) is 1.14. The van der Waals surface area contributed by atoms with Gasteiger partial charge in [0.2, 0.25) is 10.0 Å². The summed E-state index contributed by atoms with van der Waals surface area (Å²) in [6, 6.07) is 14.8. The van der Waals surface area contributed by atoms with Crippen LogP contribution >= 0.6 is 0 Å². The minimum absolute atomic E-state index is 0.0477. The van der Waals surface area contributed by atoms with Crippen LogP contribution in [0.15, 0.2) is 64.4 Å². The van der Waals surface area contributed by atoms with Gasteiger partial charge in [-0.1, -0.05) is 36.4 Å². The first-order valence-corrected chi connectivity index (χ1v) is 12.8. The Labute approximate surface area is 172 Å². The Hall–Kier alpha value is -1.78. The van der Waals surface area contributed by atoms with Gasteiger partial charge in [-0.25, -0.2) is 21.6 Å². The van der Waals surface area contributed by atoms with Crippen LogP contribution in [0.5, 0.6) is 0 Å². The highest BCUT2D eigenvalue weighted by atomic mass is 32.2. The van der Waals surface area contributed by atoms with Gasteiger partial charge in [0.25, 0.3) is 0 Å². The van der Waals surface area contributed by atoms with E-state index in [9.17, 15) is 21.9 Å². The zero-order chi connectivity index (χ0) is 21.1. The SMILES string of the molecule is CS(=O)(=O)c1cccc(S(=O)(=O)NC2CN(Cc3ccccc3)CCC2CO)c1. The molecule has 0 aliphatic carbocycles. The number of piperidine rings is 1. The van der Waals surface area contributed by atoms with Crippen LogP contribution in [0.4, 0.5) is 0 Å². The van der Waals surface area contributed by atoms with Gasteiger partial charge in [0, 0.05) is 37.9 Å². The summed E-state index contributed by atoms with van der Waals surface area (Å²) in [4.78, 5) is 2.01. The molecule has 9 heteroatoms. The van der Waals surface area contributed by atoms with Gasteiger partial charge in [0.1, 0.15) is 0 Å². The number of nitrogens with zero attached hydrogens (tertiary/aromatic N) is 1. The third kappa shape index (κ3) is 5.64. The lowest BCUT2D eigenvalue weighted by atomic mass is 9.93. The van der Waals surface area contributed by atoms with E-state index in [4.69, 9.17) is 0 Å². The topological polar surface area (TPSA) is 104 Å². The normalized spacial score (nSPS) is 21.2. The van der Waals surface area contributed by atoms with Gasteiger partial charge in [-0.05, 0) is 36.7 Å². The van der Waals surface area contributed by atoms with Crippen molar-refractivity contribution < 1.29 is 21.9 Å². The lowest BCUT2D eigenvalue weighted by Crippen LogP contribution is -2.53. The molecule has 0 aromatic heterocycles. The Bertz CT molecular complexity index is 1040. The molecule has 1 heterocycles. The van der Waals surface area contributed by atoms with Gasteiger partial charge >= 0.3 is 0 Å². The first-order valence-electron chi connectivity index (χ1n) is 9.38. The number of nitrogens with one attached hydrogen (secondary N) is 1. The Morgan fingerprint density at radius 2 is 1.72 bits per heavy atom. The second kappa shape index (κ2) is 8.93. The molecule has 2 unspecified atom stereocenters. The van der Waals surface area contributed by atoms with Crippen molar-refractivity contribution in [3.8, 4) is 0 Å². The number of aliphatic hydroxyl groups excluding tert-OH is 1. The Balaban J connectivity index is 1.78. The van der Waals surface area contributed by atoms with Crippen LogP contribution in [0.3, 0.4) is 0 Å². The summed E-state index contributed by atoms with van der Waals surface area (Å²) in [5, 5.41) is 9.72. The third-order valence-corrected chi connectivity index (χ3v) is 7.77. The Morgan fingerprint density at radius 1 is 1.03 bits per heavy atom. The van der Waals surface area contributed by atoms with Crippen molar-refractivity contribution in [2.75, 3.05) is 26.0 Å². The number of sulfonamides is 1. The fourth-order valence-electron chi connectivity index (χ4n) is 3.54. The monoisotopic (exact) mass is 438 g/mol. The van der Waals surface area contributed by atoms with Crippen molar-refractivity contribution in [1.82, 2.24) is 9.62 Å². The molecule has 2 aromatic rings. The van der Waals surface area contributed by atoms with E-state index >= 15 is 0 Å². The molecule has 1 fully saturated rings. The van der Waals surface area contributed by atoms with E-state index in [-0.39, 0.29) is 22.3 Å². The molecule has 2 atom stereocenters. The molecule has 29 heavy (non-hydrogen) atoms. The fraction of sp³-hybridized carbons (Fsp3) is 0.400. The second-order valence-electron chi connectivity index (χ2n) is 7.43. The molecule has 1 aliphatic heterocycles. The van der Waals surface area contributed by atoms with E-state index in [1.54, 1.807) is 0 Å². The van der Waals surface area contributed by atoms with Gasteiger partial charge in [-0.15, -0.1) is 0 Å². The van der Waals surface area contributed by atoms with Crippen molar-refractivity contribution in [2.45, 2.75) is 28.8 Å². The van der Waals surface area contributed by atoms with E-state index in [1.807, 2.05) is 30.3 Å². The predicted octanol–water partition coefficient (Wildman–Crippen LogP) is 1.25. The van der Waals surface area contributed by atoms with E-state index in [2.05, 4.69) is 9.62 Å². The van der Waals surface area contributed by atoms with Crippen molar-refractivity contribution in [3.63, 3.8) is 0 Å². The van der Waals surface area contributed by atoms with E-state index in [0.29, 0.717) is 19.5 Å². The summed E-state index contributed by atoms with van der Waals surface area (Å²) in [7, 11) is -7.45. The van der Waals surface area contributed by atoms with Crippen LogP contribution in [0.2, 0.25) is 0 Å². The molecular weight excluding hydrogens is 412 g/mol. The van der Waals surface area contributed by atoms with Gasteiger partial charge in [0.15, 0.2) is 9.84 Å². The summed E-state index contributed by atoms with van der Waals surface area (Å²) in [5.74, 6) is -0.199. The summed E-state index contributed by atoms with van der Waals surface area (Å²) < 4.78 is 52.0. The van der Waals surface area contributed by atoms with Crippen molar-refractivity contribution in [1.29, 1.82) is 0 Å². The van der Waals surface area contributed by atoms with Gasteiger partial charge in [0.05, 0.1) is 9.79 Å². The smallest absolute Gasteiger partial charge is 0.240 e. The van der Waals surface area contributed by atoms with Crippen LogP contribution in [0, 0.1) is 5.92 Å². The zero-order valence-electron chi connectivity index (χ0n) is 16.2. The first kappa shape index (κ1) is 21.9. The molecule has 2 aromatic carbocycles. The van der Waals surface area contributed by atoms with Gasteiger partial charge < -0.3 is 5.11 Å². The van der Waals surface area contributed by atoms with Crippen LogP contribution in [-0.4, -0.2) is 58.8 Å². The van der Waals surface area contributed by atoms with Gasteiger partial charge in [-0.3, -0.25) is 4.90 Å². The van der Waals surface area contributed by atoms with Crippen LogP contribution in [0.1, 0.15) is 12.0 Å². The van der Waals surface area contributed by atoms with Crippen LogP contribution in [0.25, 0.3) is 0 Å².